The van der Waals surface area contributed by atoms with Gasteiger partial charge in [0.1, 0.15) is 0 Å². The van der Waals surface area contributed by atoms with E-state index in [1.54, 1.807) is 18.2 Å². The van der Waals surface area contributed by atoms with Gasteiger partial charge in [-0.2, -0.15) is 5.41 Å². The number of amides is 1. The van der Waals surface area contributed by atoms with Crippen LogP contribution in [-0.2, 0) is 17.4 Å². The first-order valence-corrected chi connectivity index (χ1v) is 12.4. The van der Waals surface area contributed by atoms with E-state index < -0.39 is 0 Å². The van der Waals surface area contributed by atoms with Gasteiger partial charge in [0, 0.05) is 28.3 Å². The topological polar surface area (TPSA) is 63.2 Å². The summed E-state index contributed by atoms with van der Waals surface area (Å²) >= 11 is 4.81. The van der Waals surface area contributed by atoms with Gasteiger partial charge in [-0.05, 0) is 31.0 Å². The molecule has 0 radical (unpaired) electrons. The van der Waals surface area contributed by atoms with Crippen LogP contribution in [0.3, 0.4) is 0 Å². The standard InChI is InChI=1S/C26H37NO3S.K/c1-3-5-7-9-10-12-14-19(13-11-8-6-4-2)26(30)27-20-15-16-21-22(17-20)25(29)23(18-31)24(21)28;/h15-19,31H,3-14H2,1-2H3,(H,27,30);/q;+1/p-1/b23-18-;. The first-order valence-electron chi connectivity index (χ1n) is 11.9. The Labute approximate surface area is 241 Å². The van der Waals surface area contributed by atoms with Gasteiger partial charge in [0.05, 0.1) is 0 Å². The van der Waals surface area contributed by atoms with Gasteiger partial charge in [-0.15, -0.1) is 0 Å². The Morgan fingerprint density at radius 2 is 1.41 bits per heavy atom. The SMILES string of the molecule is CCCCCCCCC(CCCCCC)C(=O)Nc1ccc2c(c1)C(=O)/C(=C\[S-])C2=O.[K+]. The Morgan fingerprint density at radius 1 is 0.875 bits per heavy atom. The van der Waals surface area contributed by atoms with E-state index in [2.05, 4.69) is 19.2 Å². The number of anilines is 1. The summed E-state index contributed by atoms with van der Waals surface area (Å²) < 4.78 is 0. The zero-order valence-corrected chi connectivity index (χ0v) is 23.9. The quantitative estimate of drug-likeness (QED) is 0.144. The van der Waals surface area contributed by atoms with Crippen LogP contribution < -0.4 is 56.7 Å². The number of hydrogen-bond acceptors (Lipinski definition) is 4. The van der Waals surface area contributed by atoms with Gasteiger partial charge in [0.2, 0.25) is 5.91 Å². The van der Waals surface area contributed by atoms with Gasteiger partial charge in [-0.25, -0.2) is 0 Å². The first kappa shape index (κ1) is 29.7. The molecule has 4 nitrogen and oxygen atoms in total. The number of nitrogens with one attached hydrogen (secondary N) is 1. The Balaban J connectivity index is 0.00000512. The van der Waals surface area contributed by atoms with Crippen LogP contribution in [0.25, 0.3) is 0 Å². The Kier molecular flexibility index (Phi) is 15.1. The fourth-order valence-electron chi connectivity index (χ4n) is 4.15. The van der Waals surface area contributed by atoms with Crippen molar-refractivity contribution in [2.24, 2.45) is 5.92 Å². The molecule has 0 heterocycles. The molecule has 1 amide bonds. The molecular weight excluding hydrogens is 445 g/mol. The Hall–Kier alpha value is -0.374. The average molecular weight is 482 g/mol. The second-order valence-corrected chi connectivity index (χ2v) is 8.78. The molecule has 1 aromatic carbocycles. The third-order valence-electron chi connectivity index (χ3n) is 6.07. The number of carbonyl (C=O) groups excluding carboxylic acids is 3. The molecule has 0 spiro atoms. The van der Waals surface area contributed by atoms with Crippen LogP contribution in [-0.4, -0.2) is 17.5 Å². The maximum Gasteiger partial charge on any atom is 1.00 e. The maximum atomic E-state index is 13.0. The van der Waals surface area contributed by atoms with Crippen molar-refractivity contribution in [3.05, 3.63) is 40.3 Å². The molecule has 1 aliphatic carbocycles. The summed E-state index contributed by atoms with van der Waals surface area (Å²) in [7, 11) is 0. The largest absolute Gasteiger partial charge is 1.00 e. The molecule has 0 aromatic heterocycles. The maximum absolute atomic E-state index is 13.0. The molecule has 0 saturated heterocycles. The molecule has 0 bridgehead atoms. The van der Waals surface area contributed by atoms with E-state index in [1.807, 2.05) is 0 Å². The van der Waals surface area contributed by atoms with E-state index in [0.29, 0.717) is 16.8 Å². The molecule has 1 N–H and O–H groups in total. The minimum absolute atomic E-state index is 0. The second kappa shape index (κ2) is 16.3. The van der Waals surface area contributed by atoms with Gasteiger partial charge < -0.3 is 17.9 Å². The number of unbranched alkanes of at least 4 members (excludes halogenated alkanes) is 8. The number of hydrogen-bond donors (Lipinski definition) is 1. The van der Waals surface area contributed by atoms with Crippen molar-refractivity contribution in [3.8, 4) is 0 Å². The zero-order chi connectivity index (χ0) is 22.6. The van der Waals surface area contributed by atoms with Gasteiger partial charge in [0.15, 0.2) is 11.6 Å². The number of carbonyl (C=O) groups is 3. The van der Waals surface area contributed by atoms with Crippen molar-refractivity contribution in [2.75, 3.05) is 5.32 Å². The monoisotopic (exact) mass is 481 g/mol. The molecule has 1 unspecified atom stereocenters. The van der Waals surface area contributed by atoms with Crippen LogP contribution in [0.5, 0.6) is 0 Å². The van der Waals surface area contributed by atoms with E-state index in [0.717, 1.165) is 37.5 Å². The molecule has 0 aliphatic heterocycles. The minimum Gasteiger partial charge on any atom is -0.786 e. The van der Waals surface area contributed by atoms with E-state index >= 15 is 0 Å². The summed E-state index contributed by atoms with van der Waals surface area (Å²) in [6.07, 6.45) is 13.6. The normalized spacial score (nSPS) is 14.9. The minimum atomic E-state index is -0.353. The summed E-state index contributed by atoms with van der Waals surface area (Å²) in [5, 5.41) is 4.14. The second-order valence-electron chi connectivity index (χ2n) is 8.54. The van der Waals surface area contributed by atoms with Crippen molar-refractivity contribution in [3.63, 3.8) is 0 Å². The van der Waals surface area contributed by atoms with Crippen LogP contribution in [0.15, 0.2) is 29.2 Å². The molecule has 1 aliphatic rings. The number of benzene rings is 1. The number of rotatable bonds is 14. The van der Waals surface area contributed by atoms with Crippen molar-refractivity contribution in [2.45, 2.75) is 90.9 Å². The average Bonchev–Trinajstić information content (AvgIpc) is 3.01. The van der Waals surface area contributed by atoms with Crippen LogP contribution in [0.2, 0.25) is 0 Å². The van der Waals surface area contributed by atoms with Gasteiger partial charge in [0.25, 0.3) is 0 Å². The van der Waals surface area contributed by atoms with Crippen LogP contribution >= 0.6 is 0 Å². The zero-order valence-electron chi connectivity index (χ0n) is 20.0. The third-order valence-corrected chi connectivity index (χ3v) is 6.30. The molecule has 0 fully saturated rings. The number of Topliss-reactive ketones (excluding diaryl/α,β-unsaturated/α-hetero) is 2. The summed E-state index contributed by atoms with van der Waals surface area (Å²) in [4.78, 5) is 37.6. The molecule has 170 valence electrons. The summed E-state index contributed by atoms with van der Waals surface area (Å²) in [6.45, 7) is 4.40. The molecule has 1 atom stereocenters. The summed E-state index contributed by atoms with van der Waals surface area (Å²) in [5.74, 6) is -0.684. The van der Waals surface area contributed by atoms with Crippen LogP contribution in [0.4, 0.5) is 5.69 Å². The molecule has 0 saturated carbocycles. The van der Waals surface area contributed by atoms with Crippen LogP contribution in [0, 0.1) is 5.92 Å². The van der Waals surface area contributed by atoms with Gasteiger partial charge >= 0.3 is 51.4 Å². The predicted octanol–water partition coefficient (Wildman–Crippen LogP) is 3.78. The summed E-state index contributed by atoms with van der Waals surface area (Å²) in [6, 6.07) is 4.92. The first-order chi connectivity index (χ1) is 15.0. The summed E-state index contributed by atoms with van der Waals surface area (Å²) in [5.41, 5.74) is 1.29. The van der Waals surface area contributed by atoms with E-state index in [1.165, 1.54) is 44.9 Å². The van der Waals surface area contributed by atoms with Gasteiger partial charge in [-0.1, -0.05) is 78.1 Å². The van der Waals surface area contributed by atoms with Crippen molar-refractivity contribution in [1.29, 1.82) is 0 Å². The van der Waals surface area contributed by atoms with Crippen molar-refractivity contribution in [1.82, 2.24) is 0 Å². The predicted molar refractivity (Wildman–Crippen MR) is 129 cm³/mol. The fraction of sp³-hybridized carbons (Fsp3) is 0.577. The van der Waals surface area contributed by atoms with E-state index in [4.69, 9.17) is 12.6 Å². The van der Waals surface area contributed by atoms with Crippen molar-refractivity contribution < 1.29 is 65.8 Å². The molecule has 1 aromatic rings. The van der Waals surface area contributed by atoms with Crippen molar-refractivity contribution >= 4 is 35.8 Å². The number of allylic oxidation sites excluding steroid dienone is 1. The fourth-order valence-corrected chi connectivity index (χ4v) is 4.36. The molecule has 32 heavy (non-hydrogen) atoms. The smallest absolute Gasteiger partial charge is 0.786 e. The van der Waals surface area contributed by atoms with Crippen LogP contribution in [0.1, 0.15) is 112 Å². The molecule has 2 rings (SSSR count). The Morgan fingerprint density at radius 3 is 2.00 bits per heavy atom. The molecular formula is C26H36KNO3S. The third kappa shape index (κ3) is 8.77. The number of ketones is 2. The number of fused-ring (bicyclic) bond motifs is 1. The Bertz CT molecular complexity index is 806. The van der Waals surface area contributed by atoms with E-state index in [9.17, 15) is 14.4 Å². The van der Waals surface area contributed by atoms with Gasteiger partial charge in [-0.3, -0.25) is 14.4 Å². The van der Waals surface area contributed by atoms with E-state index in [-0.39, 0.29) is 80.3 Å². The molecule has 6 heteroatoms.